The first-order valence-electron chi connectivity index (χ1n) is 6.65. The van der Waals surface area contributed by atoms with E-state index in [0.717, 1.165) is 29.8 Å². The van der Waals surface area contributed by atoms with E-state index in [4.69, 9.17) is 10.5 Å². The van der Waals surface area contributed by atoms with Gasteiger partial charge in [0.25, 0.3) is 0 Å². The number of rotatable bonds is 5. The van der Waals surface area contributed by atoms with Crippen LogP contribution < -0.4 is 10.5 Å². The van der Waals surface area contributed by atoms with Crippen molar-refractivity contribution in [3.05, 3.63) is 53.2 Å². The van der Waals surface area contributed by atoms with E-state index in [-0.39, 0.29) is 0 Å². The average Bonchev–Trinajstić information content (AvgIpc) is 2.41. The first-order valence-corrected chi connectivity index (χ1v) is 6.65. The van der Waals surface area contributed by atoms with Crippen LogP contribution in [0.2, 0.25) is 0 Å². The molecule has 0 spiro atoms. The van der Waals surface area contributed by atoms with Gasteiger partial charge < -0.3 is 10.5 Å². The van der Waals surface area contributed by atoms with E-state index in [2.05, 4.69) is 18.8 Å². The van der Waals surface area contributed by atoms with Crippen molar-refractivity contribution in [3.63, 3.8) is 0 Å². The van der Waals surface area contributed by atoms with E-state index in [1.165, 1.54) is 5.56 Å². The fourth-order valence-corrected chi connectivity index (χ4v) is 1.90. The summed E-state index contributed by atoms with van der Waals surface area (Å²) < 4.78 is 5.80. The monoisotopic (exact) mass is 256 g/mol. The van der Waals surface area contributed by atoms with Crippen molar-refractivity contribution in [2.75, 3.05) is 0 Å². The highest BCUT2D eigenvalue weighted by Crippen LogP contribution is 2.22. The highest BCUT2D eigenvalue weighted by Gasteiger charge is 2.04. The highest BCUT2D eigenvalue weighted by molar-refractivity contribution is 5.32. The number of ether oxygens (including phenoxy) is 1. The van der Waals surface area contributed by atoms with Gasteiger partial charge in [0.15, 0.2) is 0 Å². The molecule has 19 heavy (non-hydrogen) atoms. The molecule has 0 aliphatic rings. The zero-order valence-corrected chi connectivity index (χ0v) is 11.5. The Balaban J connectivity index is 2.23. The number of aryl methyl sites for hydroxylation is 2. The molecule has 0 amide bonds. The maximum atomic E-state index is 5.80. The topological polar surface area (TPSA) is 48.1 Å². The molecule has 0 saturated heterocycles. The summed E-state index contributed by atoms with van der Waals surface area (Å²) in [6.07, 6.45) is 2.00. The molecule has 0 aliphatic carbocycles. The molecular weight excluding hydrogens is 236 g/mol. The lowest BCUT2D eigenvalue weighted by Gasteiger charge is -2.09. The molecule has 100 valence electrons. The van der Waals surface area contributed by atoms with Crippen LogP contribution in [-0.2, 0) is 13.0 Å². The van der Waals surface area contributed by atoms with Crippen molar-refractivity contribution in [3.8, 4) is 11.6 Å². The van der Waals surface area contributed by atoms with Gasteiger partial charge in [-0.3, -0.25) is 0 Å². The van der Waals surface area contributed by atoms with E-state index in [0.29, 0.717) is 12.4 Å². The molecule has 2 rings (SSSR count). The minimum atomic E-state index is 0.503. The van der Waals surface area contributed by atoms with E-state index in [9.17, 15) is 0 Å². The Morgan fingerprint density at radius 1 is 1.16 bits per heavy atom. The van der Waals surface area contributed by atoms with Crippen molar-refractivity contribution in [2.45, 2.75) is 33.2 Å². The van der Waals surface area contributed by atoms with Crippen LogP contribution in [0.1, 0.15) is 30.2 Å². The van der Waals surface area contributed by atoms with Gasteiger partial charge in [-0.25, -0.2) is 4.98 Å². The minimum Gasteiger partial charge on any atom is -0.439 e. The summed E-state index contributed by atoms with van der Waals surface area (Å²) in [5.41, 5.74) is 9.02. The summed E-state index contributed by atoms with van der Waals surface area (Å²) >= 11 is 0. The van der Waals surface area contributed by atoms with Crippen molar-refractivity contribution in [2.24, 2.45) is 5.73 Å². The fourth-order valence-electron chi connectivity index (χ4n) is 1.90. The van der Waals surface area contributed by atoms with Crippen LogP contribution in [0.25, 0.3) is 0 Å². The maximum absolute atomic E-state index is 5.80. The van der Waals surface area contributed by atoms with Gasteiger partial charge in [-0.05, 0) is 37.1 Å². The molecule has 0 radical (unpaired) electrons. The Kier molecular flexibility index (Phi) is 4.53. The molecule has 3 nitrogen and oxygen atoms in total. The number of aromatic nitrogens is 1. The standard InChI is InChI=1S/C16H20N2O/c1-3-4-14-9-13(11-17)10-16(18-14)19-15-7-5-12(2)6-8-15/h5-10H,3-4,11,17H2,1-2H3. The third kappa shape index (κ3) is 3.80. The Hall–Kier alpha value is -1.87. The van der Waals surface area contributed by atoms with Crippen LogP contribution in [0.3, 0.4) is 0 Å². The minimum absolute atomic E-state index is 0.503. The Morgan fingerprint density at radius 3 is 2.53 bits per heavy atom. The molecule has 2 aromatic rings. The largest absolute Gasteiger partial charge is 0.439 e. The van der Waals surface area contributed by atoms with Gasteiger partial charge in [0.1, 0.15) is 5.75 Å². The van der Waals surface area contributed by atoms with Crippen molar-refractivity contribution in [1.29, 1.82) is 0 Å². The van der Waals surface area contributed by atoms with Crippen molar-refractivity contribution in [1.82, 2.24) is 4.98 Å². The Labute approximate surface area is 114 Å². The zero-order chi connectivity index (χ0) is 13.7. The van der Waals surface area contributed by atoms with Gasteiger partial charge in [-0.1, -0.05) is 31.0 Å². The second-order valence-electron chi connectivity index (χ2n) is 4.67. The predicted molar refractivity (Wildman–Crippen MR) is 77.4 cm³/mol. The number of nitrogens with two attached hydrogens (primary N) is 1. The maximum Gasteiger partial charge on any atom is 0.219 e. The number of hydrogen-bond donors (Lipinski definition) is 1. The van der Waals surface area contributed by atoms with Crippen LogP contribution in [0, 0.1) is 6.92 Å². The summed E-state index contributed by atoms with van der Waals surface area (Å²) in [6.45, 7) is 4.69. The van der Waals surface area contributed by atoms with Crippen LogP contribution in [0.4, 0.5) is 0 Å². The molecule has 0 aliphatic heterocycles. The molecule has 2 N–H and O–H groups in total. The smallest absolute Gasteiger partial charge is 0.219 e. The Bertz CT molecular complexity index is 535. The van der Waals surface area contributed by atoms with E-state index in [1.807, 2.05) is 36.4 Å². The quantitative estimate of drug-likeness (QED) is 0.889. The lowest BCUT2D eigenvalue weighted by molar-refractivity contribution is 0.459. The van der Waals surface area contributed by atoms with Crippen LogP contribution in [0.15, 0.2) is 36.4 Å². The van der Waals surface area contributed by atoms with Gasteiger partial charge >= 0.3 is 0 Å². The van der Waals surface area contributed by atoms with Gasteiger partial charge in [0.05, 0.1) is 0 Å². The molecule has 1 aromatic heterocycles. The van der Waals surface area contributed by atoms with Crippen LogP contribution in [-0.4, -0.2) is 4.98 Å². The predicted octanol–water partition coefficient (Wildman–Crippen LogP) is 3.59. The molecule has 0 fully saturated rings. The molecule has 0 bridgehead atoms. The fraction of sp³-hybridized carbons (Fsp3) is 0.312. The SMILES string of the molecule is CCCc1cc(CN)cc(Oc2ccc(C)cc2)n1. The van der Waals surface area contributed by atoms with E-state index < -0.39 is 0 Å². The van der Waals surface area contributed by atoms with Gasteiger partial charge in [0.2, 0.25) is 5.88 Å². The molecule has 0 unspecified atom stereocenters. The van der Waals surface area contributed by atoms with Crippen molar-refractivity contribution < 1.29 is 4.74 Å². The summed E-state index contributed by atoms with van der Waals surface area (Å²) in [4.78, 5) is 4.51. The normalized spacial score (nSPS) is 10.5. The van der Waals surface area contributed by atoms with Gasteiger partial charge in [-0.15, -0.1) is 0 Å². The highest BCUT2D eigenvalue weighted by atomic mass is 16.5. The lowest BCUT2D eigenvalue weighted by Crippen LogP contribution is -2.01. The summed E-state index contributed by atoms with van der Waals surface area (Å²) in [6, 6.07) is 11.9. The van der Waals surface area contributed by atoms with Gasteiger partial charge in [-0.2, -0.15) is 0 Å². The molecular formula is C16H20N2O. The third-order valence-electron chi connectivity index (χ3n) is 2.90. The average molecular weight is 256 g/mol. The number of pyridine rings is 1. The van der Waals surface area contributed by atoms with E-state index in [1.54, 1.807) is 0 Å². The van der Waals surface area contributed by atoms with Gasteiger partial charge in [0, 0.05) is 18.3 Å². The first kappa shape index (κ1) is 13.6. The summed E-state index contributed by atoms with van der Waals surface area (Å²) in [5.74, 6) is 1.42. The molecule has 3 heteroatoms. The molecule has 0 saturated carbocycles. The Morgan fingerprint density at radius 2 is 1.89 bits per heavy atom. The van der Waals surface area contributed by atoms with Crippen LogP contribution in [0.5, 0.6) is 11.6 Å². The number of nitrogens with zero attached hydrogens (tertiary/aromatic N) is 1. The molecule has 0 atom stereocenters. The number of hydrogen-bond acceptors (Lipinski definition) is 3. The lowest BCUT2D eigenvalue weighted by atomic mass is 10.1. The first-order chi connectivity index (χ1) is 9.21. The van der Waals surface area contributed by atoms with E-state index >= 15 is 0 Å². The third-order valence-corrected chi connectivity index (χ3v) is 2.90. The number of benzene rings is 1. The zero-order valence-electron chi connectivity index (χ0n) is 11.5. The van der Waals surface area contributed by atoms with Crippen molar-refractivity contribution >= 4 is 0 Å². The summed E-state index contributed by atoms with van der Waals surface area (Å²) in [5, 5.41) is 0. The van der Waals surface area contributed by atoms with Crippen LogP contribution >= 0.6 is 0 Å². The molecule has 1 aromatic carbocycles. The summed E-state index contributed by atoms with van der Waals surface area (Å²) in [7, 11) is 0. The second-order valence-corrected chi connectivity index (χ2v) is 4.67. The molecule has 1 heterocycles. The second kappa shape index (κ2) is 6.34.